The third kappa shape index (κ3) is 7.43. The van der Waals surface area contributed by atoms with Crippen LogP contribution in [0.1, 0.15) is 18.4 Å². The van der Waals surface area contributed by atoms with Gasteiger partial charge in [-0.1, -0.05) is 12.1 Å². The van der Waals surface area contributed by atoms with E-state index in [1.807, 2.05) is 0 Å². The molecule has 5 nitrogen and oxygen atoms in total. The Bertz CT molecular complexity index is 522. The number of carbonyl (C=O) groups excluding carboxylic acids is 2. The van der Waals surface area contributed by atoms with Gasteiger partial charge in [-0.3, -0.25) is 9.59 Å². The summed E-state index contributed by atoms with van der Waals surface area (Å²) in [6.07, 6.45) is 2.31. The average Bonchev–Trinajstić information content (AvgIpc) is 2.52. The molecule has 0 bridgehead atoms. The standard InChI is InChI=1S/C16H22FN3O2.ClH/c17-14-5-1-3-12(7-14)8-15(21)20-11-16(22)19-10-13-4-2-6-18-9-13;/h1,3,5,7,13,18H,2,4,6,8-11H2,(H,19,22)(H,20,21);1H. The first-order valence-electron chi connectivity index (χ1n) is 7.62. The Balaban J connectivity index is 0.00000264. The maximum atomic E-state index is 13.0. The molecule has 1 unspecified atom stereocenters. The Hall–Kier alpha value is -1.66. The van der Waals surface area contributed by atoms with Gasteiger partial charge < -0.3 is 16.0 Å². The van der Waals surface area contributed by atoms with E-state index in [2.05, 4.69) is 16.0 Å². The summed E-state index contributed by atoms with van der Waals surface area (Å²) in [6.45, 7) is 2.55. The van der Waals surface area contributed by atoms with E-state index in [-0.39, 0.29) is 43.0 Å². The van der Waals surface area contributed by atoms with Gasteiger partial charge in [-0.15, -0.1) is 12.4 Å². The summed E-state index contributed by atoms with van der Waals surface area (Å²) < 4.78 is 13.0. The highest BCUT2D eigenvalue weighted by Gasteiger charge is 2.14. The molecule has 7 heteroatoms. The van der Waals surface area contributed by atoms with Crippen molar-refractivity contribution < 1.29 is 14.0 Å². The molecule has 0 aliphatic carbocycles. The van der Waals surface area contributed by atoms with Gasteiger partial charge in [-0.2, -0.15) is 0 Å². The van der Waals surface area contributed by atoms with Crippen LogP contribution in [0, 0.1) is 11.7 Å². The molecule has 3 N–H and O–H groups in total. The van der Waals surface area contributed by atoms with E-state index in [0.29, 0.717) is 18.0 Å². The number of benzene rings is 1. The van der Waals surface area contributed by atoms with E-state index in [1.54, 1.807) is 12.1 Å². The van der Waals surface area contributed by atoms with Crippen molar-refractivity contribution in [3.05, 3.63) is 35.6 Å². The van der Waals surface area contributed by atoms with Gasteiger partial charge >= 0.3 is 0 Å². The Labute approximate surface area is 141 Å². The van der Waals surface area contributed by atoms with Gasteiger partial charge in [0.1, 0.15) is 5.82 Å². The molecule has 0 saturated carbocycles. The topological polar surface area (TPSA) is 70.2 Å². The molecule has 1 aromatic rings. The highest BCUT2D eigenvalue weighted by Crippen LogP contribution is 2.08. The van der Waals surface area contributed by atoms with Crippen molar-refractivity contribution in [3.63, 3.8) is 0 Å². The van der Waals surface area contributed by atoms with Gasteiger partial charge in [0.15, 0.2) is 0 Å². The second-order valence-electron chi connectivity index (χ2n) is 5.60. The van der Waals surface area contributed by atoms with Crippen molar-refractivity contribution in [2.45, 2.75) is 19.3 Å². The highest BCUT2D eigenvalue weighted by molar-refractivity contribution is 5.86. The zero-order valence-electron chi connectivity index (χ0n) is 12.9. The molecule has 1 fully saturated rings. The number of hydrogen-bond acceptors (Lipinski definition) is 3. The quantitative estimate of drug-likeness (QED) is 0.722. The molecule has 1 aliphatic rings. The first kappa shape index (κ1) is 19.4. The van der Waals surface area contributed by atoms with E-state index < -0.39 is 0 Å². The second-order valence-corrected chi connectivity index (χ2v) is 5.60. The van der Waals surface area contributed by atoms with Crippen LogP contribution in [0.15, 0.2) is 24.3 Å². The Morgan fingerprint density at radius 1 is 1.26 bits per heavy atom. The number of hydrogen-bond donors (Lipinski definition) is 3. The van der Waals surface area contributed by atoms with Crippen molar-refractivity contribution in [1.82, 2.24) is 16.0 Å². The number of rotatable bonds is 6. The molecular formula is C16H23ClFN3O2. The Morgan fingerprint density at radius 3 is 2.78 bits per heavy atom. The maximum Gasteiger partial charge on any atom is 0.239 e. The van der Waals surface area contributed by atoms with E-state index in [0.717, 1.165) is 25.9 Å². The van der Waals surface area contributed by atoms with Crippen molar-refractivity contribution in [2.75, 3.05) is 26.2 Å². The van der Waals surface area contributed by atoms with Gasteiger partial charge in [0, 0.05) is 6.54 Å². The van der Waals surface area contributed by atoms with E-state index in [1.165, 1.54) is 12.1 Å². The molecule has 0 spiro atoms. The normalized spacial score (nSPS) is 17.0. The highest BCUT2D eigenvalue weighted by atomic mass is 35.5. The summed E-state index contributed by atoms with van der Waals surface area (Å²) >= 11 is 0. The van der Waals surface area contributed by atoms with Gasteiger partial charge in [0.2, 0.25) is 11.8 Å². The van der Waals surface area contributed by atoms with Crippen LogP contribution >= 0.6 is 12.4 Å². The van der Waals surface area contributed by atoms with Crippen molar-refractivity contribution in [1.29, 1.82) is 0 Å². The van der Waals surface area contributed by atoms with Crippen LogP contribution in [0.5, 0.6) is 0 Å². The number of halogens is 2. The summed E-state index contributed by atoms with van der Waals surface area (Å²) in [6, 6.07) is 5.88. The van der Waals surface area contributed by atoms with E-state index in [9.17, 15) is 14.0 Å². The molecule has 1 atom stereocenters. The van der Waals surface area contributed by atoms with Gasteiger partial charge in [0.05, 0.1) is 13.0 Å². The van der Waals surface area contributed by atoms with Gasteiger partial charge in [-0.05, 0) is 49.5 Å². The van der Waals surface area contributed by atoms with Crippen LogP contribution in [0.4, 0.5) is 4.39 Å². The molecule has 1 saturated heterocycles. The summed E-state index contributed by atoms with van der Waals surface area (Å²) in [5, 5.41) is 8.67. The number of carbonyl (C=O) groups is 2. The predicted molar refractivity (Wildman–Crippen MR) is 89.0 cm³/mol. The molecule has 1 aromatic carbocycles. The summed E-state index contributed by atoms with van der Waals surface area (Å²) in [5.74, 6) is -0.400. The predicted octanol–water partition coefficient (Wildman–Crippen LogP) is 1.02. The molecule has 1 heterocycles. The monoisotopic (exact) mass is 343 g/mol. The fraction of sp³-hybridized carbons (Fsp3) is 0.500. The molecule has 128 valence electrons. The molecular weight excluding hydrogens is 321 g/mol. The first-order chi connectivity index (χ1) is 10.6. The largest absolute Gasteiger partial charge is 0.354 e. The Morgan fingerprint density at radius 2 is 2.09 bits per heavy atom. The van der Waals surface area contributed by atoms with Crippen LogP contribution < -0.4 is 16.0 Å². The molecule has 2 amide bonds. The zero-order valence-corrected chi connectivity index (χ0v) is 13.8. The fourth-order valence-electron chi connectivity index (χ4n) is 2.49. The van der Waals surface area contributed by atoms with E-state index >= 15 is 0 Å². The minimum absolute atomic E-state index is 0. The summed E-state index contributed by atoms with van der Waals surface area (Å²) in [7, 11) is 0. The number of amides is 2. The summed E-state index contributed by atoms with van der Waals surface area (Å²) in [4.78, 5) is 23.4. The molecule has 1 aliphatic heterocycles. The molecule has 0 radical (unpaired) electrons. The third-order valence-corrected chi connectivity index (χ3v) is 3.69. The van der Waals surface area contributed by atoms with Crippen LogP contribution in [0.2, 0.25) is 0 Å². The first-order valence-corrected chi connectivity index (χ1v) is 7.62. The smallest absolute Gasteiger partial charge is 0.239 e. The lowest BCUT2D eigenvalue weighted by Gasteiger charge is -2.22. The van der Waals surface area contributed by atoms with Crippen LogP contribution in [0.3, 0.4) is 0 Å². The van der Waals surface area contributed by atoms with Gasteiger partial charge in [-0.25, -0.2) is 4.39 Å². The lowest BCUT2D eigenvalue weighted by atomic mass is 10.00. The molecule has 0 aromatic heterocycles. The van der Waals surface area contributed by atoms with Crippen LogP contribution in [0.25, 0.3) is 0 Å². The second kappa shape index (κ2) is 10.2. The maximum absolute atomic E-state index is 13.0. The van der Waals surface area contributed by atoms with Crippen molar-refractivity contribution >= 4 is 24.2 Å². The zero-order chi connectivity index (χ0) is 15.8. The lowest BCUT2D eigenvalue weighted by Crippen LogP contribution is -2.42. The fourth-order valence-corrected chi connectivity index (χ4v) is 2.49. The Kier molecular flexibility index (Phi) is 8.58. The van der Waals surface area contributed by atoms with Crippen LogP contribution in [-0.2, 0) is 16.0 Å². The van der Waals surface area contributed by atoms with Crippen molar-refractivity contribution in [2.24, 2.45) is 5.92 Å². The molecule has 2 rings (SSSR count). The molecule has 23 heavy (non-hydrogen) atoms. The van der Waals surface area contributed by atoms with Gasteiger partial charge in [0.25, 0.3) is 0 Å². The number of piperidine rings is 1. The minimum atomic E-state index is -0.371. The third-order valence-electron chi connectivity index (χ3n) is 3.69. The summed E-state index contributed by atoms with van der Waals surface area (Å²) in [5.41, 5.74) is 0.589. The average molecular weight is 344 g/mol. The van der Waals surface area contributed by atoms with Crippen LogP contribution in [-0.4, -0.2) is 38.0 Å². The lowest BCUT2D eigenvalue weighted by molar-refractivity contribution is -0.125. The minimum Gasteiger partial charge on any atom is -0.354 e. The number of nitrogens with one attached hydrogen (secondary N) is 3. The van der Waals surface area contributed by atoms with E-state index in [4.69, 9.17) is 0 Å². The van der Waals surface area contributed by atoms with Crippen molar-refractivity contribution in [3.8, 4) is 0 Å². The SMILES string of the molecule is Cl.O=C(CNC(=O)Cc1cccc(F)c1)NCC1CCCNC1.